The molecule has 2 aromatic carbocycles. The van der Waals surface area contributed by atoms with E-state index in [1.807, 2.05) is 19.1 Å². The van der Waals surface area contributed by atoms with Crippen molar-refractivity contribution >= 4 is 11.6 Å². The van der Waals surface area contributed by atoms with Crippen molar-refractivity contribution in [3.63, 3.8) is 0 Å². The van der Waals surface area contributed by atoms with Gasteiger partial charge in [0.15, 0.2) is 0 Å². The van der Waals surface area contributed by atoms with Gasteiger partial charge in [0.25, 0.3) is 0 Å². The van der Waals surface area contributed by atoms with Gasteiger partial charge in [0, 0.05) is 25.1 Å². The fourth-order valence-electron chi connectivity index (χ4n) is 2.95. The second kappa shape index (κ2) is 10.6. The molecule has 0 fully saturated rings. The Morgan fingerprint density at radius 3 is 2.36 bits per heavy atom. The summed E-state index contributed by atoms with van der Waals surface area (Å²) in [7, 11) is 3.15. The van der Waals surface area contributed by atoms with Crippen LogP contribution in [0.1, 0.15) is 24.5 Å². The van der Waals surface area contributed by atoms with E-state index in [4.69, 9.17) is 14.2 Å². The van der Waals surface area contributed by atoms with Crippen molar-refractivity contribution in [3.05, 3.63) is 47.5 Å². The fraction of sp³-hybridized carbons (Fsp3) is 0.409. The van der Waals surface area contributed by atoms with Gasteiger partial charge in [-0.1, -0.05) is 6.07 Å². The van der Waals surface area contributed by atoms with Gasteiger partial charge in [-0.25, -0.2) is 0 Å². The first kappa shape index (κ1) is 21.6. The first-order valence-corrected chi connectivity index (χ1v) is 9.37. The van der Waals surface area contributed by atoms with Crippen molar-refractivity contribution in [2.45, 2.75) is 33.2 Å². The van der Waals surface area contributed by atoms with E-state index >= 15 is 0 Å². The topological polar surface area (TPSA) is 68.8 Å². The van der Waals surface area contributed by atoms with Crippen LogP contribution in [0.15, 0.2) is 36.4 Å². The second-order valence-corrected chi connectivity index (χ2v) is 6.85. The number of nitrogens with one attached hydrogen (secondary N) is 2. The molecule has 28 heavy (non-hydrogen) atoms. The summed E-state index contributed by atoms with van der Waals surface area (Å²) in [5.74, 6) is 2.03. The van der Waals surface area contributed by atoms with Crippen LogP contribution in [0.5, 0.6) is 17.2 Å². The summed E-state index contributed by atoms with van der Waals surface area (Å²) in [5.41, 5.74) is 2.96. The van der Waals surface area contributed by atoms with E-state index in [9.17, 15) is 4.79 Å². The average Bonchev–Trinajstić information content (AvgIpc) is 2.64. The van der Waals surface area contributed by atoms with Crippen LogP contribution in [0, 0.1) is 13.8 Å². The summed E-state index contributed by atoms with van der Waals surface area (Å²) in [4.78, 5) is 12.3. The normalized spacial score (nSPS) is 11.6. The van der Waals surface area contributed by atoms with Crippen LogP contribution >= 0.6 is 0 Å². The number of benzene rings is 2. The van der Waals surface area contributed by atoms with Gasteiger partial charge in [0.1, 0.15) is 23.9 Å². The van der Waals surface area contributed by atoms with E-state index in [-0.39, 0.29) is 11.9 Å². The molecule has 1 unspecified atom stereocenters. The second-order valence-electron chi connectivity index (χ2n) is 6.85. The molecular formula is C22H30N2O4. The molecule has 1 atom stereocenters. The van der Waals surface area contributed by atoms with Crippen LogP contribution in [0.2, 0.25) is 0 Å². The summed E-state index contributed by atoms with van der Waals surface area (Å²) in [6.07, 6.45) is 0.337. The van der Waals surface area contributed by atoms with E-state index in [2.05, 4.69) is 30.5 Å². The zero-order chi connectivity index (χ0) is 20.5. The fourth-order valence-corrected chi connectivity index (χ4v) is 2.95. The molecule has 0 saturated heterocycles. The van der Waals surface area contributed by atoms with Crippen LogP contribution in [0.4, 0.5) is 5.69 Å². The molecule has 0 aliphatic carbocycles. The lowest BCUT2D eigenvalue weighted by atomic mass is 10.1. The number of rotatable bonds is 10. The Hall–Kier alpha value is -2.73. The molecule has 0 aromatic heterocycles. The molecule has 0 bridgehead atoms. The third-order valence-corrected chi connectivity index (χ3v) is 4.23. The van der Waals surface area contributed by atoms with Gasteiger partial charge in [-0.3, -0.25) is 4.79 Å². The van der Waals surface area contributed by atoms with E-state index in [1.165, 1.54) is 11.1 Å². The van der Waals surface area contributed by atoms with Crippen molar-refractivity contribution in [3.8, 4) is 17.2 Å². The maximum Gasteiger partial charge on any atom is 0.226 e. The van der Waals surface area contributed by atoms with Gasteiger partial charge in [-0.15, -0.1) is 0 Å². The first-order chi connectivity index (χ1) is 13.4. The number of aryl methyl sites for hydroxylation is 2. The molecule has 0 aliphatic rings. The monoisotopic (exact) mass is 386 g/mol. The number of carbonyl (C=O) groups is 1. The van der Waals surface area contributed by atoms with Crippen LogP contribution in [-0.2, 0) is 4.79 Å². The van der Waals surface area contributed by atoms with E-state index in [1.54, 1.807) is 32.4 Å². The Labute approximate surface area is 167 Å². The standard InChI is InChI=1S/C22H30N2O4/c1-15-10-16(2)12-19(11-15)28-9-8-23-17(3)13-22(25)24-20-14-18(26-4)6-7-21(20)27-5/h6-7,10-12,14,17,23H,8-9,13H2,1-5H3,(H,24,25). The lowest BCUT2D eigenvalue weighted by molar-refractivity contribution is -0.116. The third kappa shape index (κ3) is 6.78. The molecule has 0 spiro atoms. The maximum absolute atomic E-state index is 12.3. The smallest absolute Gasteiger partial charge is 0.226 e. The lowest BCUT2D eigenvalue weighted by Crippen LogP contribution is -2.33. The molecular weight excluding hydrogens is 356 g/mol. The molecule has 152 valence electrons. The molecule has 0 saturated carbocycles. The zero-order valence-corrected chi connectivity index (χ0v) is 17.3. The summed E-state index contributed by atoms with van der Waals surface area (Å²) in [6.45, 7) is 7.27. The SMILES string of the molecule is COc1ccc(OC)c(NC(=O)CC(C)NCCOc2cc(C)cc(C)c2)c1. The predicted molar refractivity (Wildman–Crippen MR) is 112 cm³/mol. The van der Waals surface area contributed by atoms with Crippen LogP contribution in [0.25, 0.3) is 0 Å². The van der Waals surface area contributed by atoms with Crippen molar-refractivity contribution in [1.29, 1.82) is 0 Å². The highest BCUT2D eigenvalue weighted by atomic mass is 16.5. The lowest BCUT2D eigenvalue weighted by Gasteiger charge is -2.16. The molecule has 1 amide bonds. The highest BCUT2D eigenvalue weighted by Gasteiger charge is 2.12. The average molecular weight is 386 g/mol. The number of ether oxygens (including phenoxy) is 3. The van der Waals surface area contributed by atoms with Gasteiger partial charge < -0.3 is 24.8 Å². The van der Waals surface area contributed by atoms with Gasteiger partial charge in [0.05, 0.1) is 19.9 Å². The zero-order valence-electron chi connectivity index (χ0n) is 17.3. The quantitative estimate of drug-likeness (QED) is 0.609. The van der Waals surface area contributed by atoms with Crippen LogP contribution in [-0.4, -0.2) is 39.3 Å². The Morgan fingerprint density at radius 1 is 1.00 bits per heavy atom. The van der Waals surface area contributed by atoms with E-state index in [0.717, 1.165) is 5.75 Å². The molecule has 2 N–H and O–H groups in total. The van der Waals surface area contributed by atoms with Crippen molar-refractivity contribution in [2.24, 2.45) is 0 Å². The Kier molecular flexibility index (Phi) is 8.14. The number of hydrogen-bond donors (Lipinski definition) is 2. The van der Waals surface area contributed by atoms with Gasteiger partial charge in [-0.05, 0) is 56.2 Å². The van der Waals surface area contributed by atoms with Crippen LogP contribution in [0.3, 0.4) is 0 Å². The molecule has 6 heteroatoms. The van der Waals surface area contributed by atoms with Gasteiger partial charge in [-0.2, -0.15) is 0 Å². The Balaban J connectivity index is 1.76. The molecule has 0 aliphatic heterocycles. The summed E-state index contributed by atoms with van der Waals surface area (Å²) in [5, 5.41) is 6.19. The molecule has 2 aromatic rings. The van der Waals surface area contributed by atoms with Crippen molar-refractivity contribution in [2.75, 3.05) is 32.7 Å². The third-order valence-electron chi connectivity index (χ3n) is 4.23. The summed E-state index contributed by atoms with van der Waals surface area (Å²) < 4.78 is 16.3. The first-order valence-electron chi connectivity index (χ1n) is 9.37. The minimum absolute atomic E-state index is 0.0134. The van der Waals surface area contributed by atoms with E-state index < -0.39 is 0 Å². The minimum Gasteiger partial charge on any atom is -0.497 e. The minimum atomic E-state index is -0.0956. The largest absolute Gasteiger partial charge is 0.497 e. The summed E-state index contributed by atoms with van der Waals surface area (Å²) >= 11 is 0. The van der Waals surface area contributed by atoms with Crippen LogP contribution < -0.4 is 24.8 Å². The van der Waals surface area contributed by atoms with Gasteiger partial charge >= 0.3 is 0 Å². The highest BCUT2D eigenvalue weighted by molar-refractivity contribution is 5.92. The molecule has 6 nitrogen and oxygen atoms in total. The Morgan fingerprint density at radius 2 is 1.71 bits per heavy atom. The van der Waals surface area contributed by atoms with Gasteiger partial charge in [0.2, 0.25) is 5.91 Å². The number of hydrogen-bond acceptors (Lipinski definition) is 5. The molecule has 0 heterocycles. The van der Waals surface area contributed by atoms with Crippen molar-refractivity contribution in [1.82, 2.24) is 5.32 Å². The van der Waals surface area contributed by atoms with E-state index in [0.29, 0.717) is 36.8 Å². The number of methoxy groups -OCH3 is 2. The highest BCUT2D eigenvalue weighted by Crippen LogP contribution is 2.29. The predicted octanol–water partition coefficient (Wildman–Crippen LogP) is 3.71. The number of carbonyl (C=O) groups excluding carboxylic acids is 1. The maximum atomic E-state index is 12.3. The molecule has 2 rings (SSSR count). The number of anilines is 1. The summed E-state index contributed by atoms with van der Waals surface area (Å²) in [6, 6.07) is 11.5. The molecule has 0 radical (unpaired) electrons. The Bertz CT molecular complexity index is 772. The number of amides is 1. The van der Waals surface area contributed by atoms with Crippen molar-refractivity contribution < 1.29 is 19.0 Å².